The van der Waals surface area contributed by atoms with Crippen molar-refractivity contribution < 1.29 is 4.74 Å². The van der Waals surface area contributed by atoms with Crippen LogP contribution in [0.1, 0.15) is 13.8 Å². The van der Waals surface area contributed by atoms with E-state index in [4.69, 9.17) is 9.72 Å². The number of thiazole rings is 1. The lowest BCUT2D eigenvalue weighted by Crippen LogP contribution is -2.08. The Morgan fingerprint density at radius 2 is 1.76 bits per heavy atom. The molecule has 0 saturated carbocycles. The molecule has 2 nitrogen and oxygen atoms in total. The number of fused-ring (bicyclic) bond motifs is 1. The molecule has 21 heavy (non-hydrogen) atoms. The fraction of sp³-hybridized carbons (Fsp3) is 0.188. The summed E-state index contributed by atoms with van der Waals surface area (Å²) in [4.78, 5) is 4.73. The van der Waals surface area contributed by atoms with E-state index in [-0.39, 0.29) is 6.10 Å². The molecule has 0 atom stereocenters. The first-order chi connectivity index (χ1) is 10.0. The average molecular weight is 521 g/mol. The molecule has 1 aromatic heterocycles. The third-order valence-corrected chi connectivity index (χ3v) is 5.58. The summed E-state index contributed by atoms with van der Waals surface area (Å²) < 4.78 is 9.37. The molecular formula is C16H13I2NOS. The van der Waals surface area contributed by atoms with Gasteiger partial charge in [0.15, 0.2) is 0 Å². The maximum Gasteiger partial charge on any atom is 0.146 e. The number of hydrogen-bond donors (Lipinski definition) is 0. The Balaban J connectivity index is 2.06. The fourth-order valence-electron chi connectivity index (χ4n) is 2.03. The van der Waals surface area contributed by atoms with E-state index in [1.165, 1.54) is 4.70 Å². The van der Waals surface area contributed by atoms with Crippen LogP contribution < -0.4 is 4.74 Å². The van der Waals surface area contributed by atoms with E-state index in [0.717, 1.165) is 29.0 Å². The second-order valence-electron chi connectivity index (χ2n) is 4.92. The zero-order valence-electron chi connectivity index (χ0n) is 11.6. The fourth-order valence-corrected chi connectivity index (χ4v) is 5.00. The van der Waals surface area contributed by atoms with Crippen molar-refractivity contribution in [1.82, 2.24) is 4.98 Å². The molecule has 2 aromatic carbocycles. The lowest BCUT2D eigenvalue weighted by atomic mass is 10.2. The maximum atomic E-state index is 5.89. The number of hydrogen-bond acceptors (Lipinski definition) is 3. The first-order valence-electron chi connectivity index (χ1n) is 6.56. The highest BCUT2D eigenvalue weighted by atomic mass is 127. The summed E-state index contributed by atoms with van der Waals surface area (Å²) in [6.45, 7) is 4.10. The Bertz CT molecular complexity index is 742. The minimum absolute atomic E-state index is 0.181. The summed E-state index contributed by atoms with van der Waals surface area (Å²) in [6, 6.07) is 12.6. The van der Waals surface area contributed by atoms with Gasteiger partial charge < -0.3 is 4.74 Å². The molecule has 0 aliphatic heterocycles. The quantitative estimate of drug-likeness (QED) is 0.397. The van der Waals surface area contributed by atoms with Gasteiger partial charge in [-0.05, 0) is 83.3 Å². The highest BCUT2D eigenvalue weighted by molar-refractivity contribution is 14.1. The summed E-state index contributed by atoms with van der Waals surface area (Å²) in [5.74, 6) is 0.969. The monoisotopic (exact) mass is 521 g/mol. The smallest absolute Gasteiger partial charge is 0.146 e. The summed E-state index contributed by atoms with van der Waals surface area (Å²) in [5, 5.41) is 1.06. The number of para-hydroxylation sites is 1. The van der Waals surface area contributed by atoms with E-state index < -0.39 is 0 Å². The van der Waals surface area contributed by atoms with E-state index in [2.05, 4.69) is 75.5 Å². The van der Waals surface area contributed by atoms with Gasteiger partial charge in [0.2, 0.25) is 0 Å². The molecular weight excluding hydrogens is 508 g/mol. The Hall–Kier alpha value is -0.410. The molecule has 0 aliphatic carbocycles. The van der Waals surface area contributed by atoms with Gasteiger partial charge in [-0.3, -0.25) is 0 Å². The van der Waals surface area contributed by atoms with Gasteiger partial charge in [-0.2, -0.15) is 0 Å². The number of ether oxygens (including phenoxy) is 1. The number of aromatic nitrogens is 1. The maximum absolute atomic E-state index is 5.89. The van der Waals surface area contributed by atoms with E-state index in [1.807, 2.05) is 19.9 Å². The van der Waals surface area contributed by atoms with Gasteiger partial charge in [-0.15, -0.1) is 11.3 Å². The van der Waals surface area contributed by atoms with Crippen molar-refractivity contribution in [2.24, 2.45) is 0 Å². The minimum Gasteiger partial charge on any atom is -0.489 e. The van der Waals surface area contributed by atoms with Gasteiger partial charge in [0.25, 0.3) is 0 Å². The average Bonchev–Trinajstić information content (AvgIpc) is 2.86. The predicted octanol–water partition coefficient (Wildman–Crippen LogP) is 5.96. The Labute approximate surface area is 155 Å². The third-order valence-electron chi connectivity index (χ3n) is 2.89. The summed E-state index contributed by atoms with van der Waals surface area (Å²) in [7, 11) is 0. The van der Waals surface area contributed by atoms with Crippen LogP contribution in [0.3, 0.4) is 0 Å². The topological polar surface area (TPSA) is 22.1 Å². The van der Waals surface area contributed by atoms with Gasteiger partial charge >= 0.3 is 0 Å². The highest BCUT2D eigenvalue weighted by Crippen LogP contribution is 2.36. The number of rotatable bonds is 3. The van der Waals surface area contributed by atoms with E-state index in [9.17, 15) is 0 Å². The van der Waals surface area contributed by atoms with Crippen LogP contribution in [-0.2, 0) is 0 Å². The van der Waals surface area contributed by atoms with Gasteiger partial charge in [-0.1, -0.05) is 12.1 Å². The van der Waals surface area contributed by atoms with Crippen LogP contribution in [0.15, 0.2) is 36.4 Å². The van der Waals surface area contributed by atoms with Gasteiger partial charge in [0.05, 0.1) is 23.5 Å². The van der Waals surface area contributed by atoms with Crippen molar-refractivity contribution in [3.05, 3.63) is 43.5 Å². The van der Waals surface area contributed by atoms with Crippen LogP contribution in [0.2, 0.25) is 0 Å². The van der Waals surface area contributed by atoms with Crippen LogP contribution in [0, 0.1) is 7.14 Å². The van der Waals surface area contributed by atoms with Crippen LogP contribution >= 0.6 is 56.5 Å². The van der Waals surface area contributed by atoms with Gasteiger partial charge in [0.1, 0.15) is 10.8 Å². The van der Waals surface area contributed by atoms with Crippen molar-refractivity contribution in [2.45, 2.75) is 20.0 Å². The minimum atomic E-state index is 0.181. The standard InChI is InChI=1S/C16H13I2NOS/c1-9(2)20-15-11(17)7-10(8-12(15)18)16-19-13-5-3-4-6-14(13)21-16/h3-9H,1-2H3. The van der Waals surface area contributed by atoms with Crippen LogP contribution in [-0.4, -0.2) is 11.1 Å². The van der Waals surface area contributed by atoms with E-state index in [0.29, 0.717) is 0 Å². The van der Waals surface area contributed by atoms with Crippen LogP contribution in [0.25, 0.3) is 20.8 Å². The lowest BCUT2D eigenvalue weighted by Gasteiger charge is -2.14. The predicted molar refractivity (Wildman–Crippen MR) is 106 cm³/mol. The summed E-state index contributed by atoms with van der Waals surface area (Å²) in [6.07, 6.45) is 0.181. The molecule has 0 N–H and O–H groups in total. The zero-order chi connectivity index (χ0) is 15.0. The van der Waals surface area contributed by atoms with Gasteiger partial charge in [-0.25, -0.2) is 4.98 Å². The Morgan fingerprint density at radius 3 is 2.38 bits per heavy atom. The second-order valence-corrected chi connectivity index (χ2v) is 8.28. The van der Waals surface area contributed by atoms with Crippen molar-refractivity contribution in [2.75, 3.05) is 0 Å². The molecule has 5 heteroatoms. The molecule has 108 valence electrons. The molecule has 0 amide bonds. The molecule has 0 bridgehead atoms. The van der Waals surface area contributed by atoms with Crippen LogP contribution in [0.5, 0.6) is 5.75 Å². The first-order valence-corrected chi connectivity index (χ1v) is 9.53. The molecule has 3 aromatic rings. The van der Waals surface area contributed by atoms with Crippen molar-refractivity contribution in [1.29, 1.82) is 0 Å². The van der Waals surface area contributed by atoms with Crippen molar-refractivity contribution in [3.8, 4) is 16.3 Å². The number of halogens is 2. The van der Waals surface area contributed by atoms with Gasteiger partial charge in [0, 0.05) is 5.56 Å². The van der Waals surface area contributed by atoms with E-state index >= 15 is 0 Å². The molecule has 0 spiro atoms. The Morgan fingerprint density at radius 1 is 1.10 bits per heavy atom. The molecule has 0 unspecified atom stereocenters. The zero-order valence-corrected chi connectivity index (χ0v) is 16.7. The Kier molecular flexibility index (Phi) is 4.70. The first kappa shape index (κ1) is 15.5. The molecule has 0 radical (unpaired) electrons. The largest absolute Gasteiger partial charge is 0.489 e. The van der Waals surface area contributed by atoms with Crippen LogP contribution in [0.4, 0.5) is 0 Å². The third kappa shape index (κ3) is 3.34. The normalized spacial score (nSPS) is 11.3. The SMILES string of the molecule is CC(C)Oc1c(I)cc(-c2nc3ccccc3s2)cc1I. The molecule has 0 fully saturated rings. The second kappa shape index (κ2) is 6.37. The molecule has 3 rings (SSSR count). The highest BCUT2D eigenvalue weighted by Gasteiger charge is 2.13. The summed E-state index contributed by atoms with van der Waals surface area (Å²) >= 11 is 6.40. The molecule has 0 aliphatic rings. The summed E-state index contributed by atoms with van der Waals surface area (Å²) in [5.41, 5.74) is 2.21. The molecule has 1 heterocycles. The molecule has 0 saturated heterocycles. The number of benzene rings is 2. The number of nitrogens with zero attached hydrogens (tertiary/aromatic N) is 1. The lowest BCUT2D eigenvalue weighted by molar-refractivity contribution is 0.239. The van der Waals surface area contributed by atoms with E-state index in [1.54, 1.807) is 11.3 Å². The van der Waals surface area contributed by atoms with Crippen molar-refractivity contribution in [3.63, 3.8) is 0 Å². The van der Waals surface area contributed by atoms with Crippen molar-refractivity contribution >= 4 is 66.7 Å².